The van der Waals surface area contributed by atoms with Gasteiger partial charge in [-0.2, -0.15) is 0 Å². The van der Waals surface area contributed by atoms with Crippen molar-refractivity contribution < 1.29 is 19.4 Å². The first kappa shape index (κ1) is 22.1. The first-order chi connectivity index (χ1) is 14.4. The molecule has 30 heavy (non-hydrogen) atoms. The topological polar surface area (TPSA) is 66.8 Å². The van der Waals surface area contributed by atoms with Gasteiger partial charge in [0.25, 0.3) is 5.91 Å². The lowest BCUT2D eigenvalue weighted by molar-refractivity contribution is -0.130. The van der Waals surface area contributed by atoms with Crippen LogP contribution in [0.25, 0.3) is 0 Å². The molecule has 0 fully saturated rings. The first-order valence-corrected chi connectivity index (χ1v) is 10.4. The molecule has 1 aliphatic heterocycles. The summed E-state index contributed by atoms with van der Waals surface area (Å²) < 4.78 is 5.59. The fourth-order valence-electron chi connectivity index (χ4n) is 3.58. The minimum absolute atomic E-state index is 0.0187. The summed E-state index contributed by atoms with van der Waals surface area (Å²) in [6, 6.07) is 16.0. The lowest BCUT2D eigenvalue weighted by Crippen LogP contribution is -2.34. The van der Waals surface area contributed by atoms with E-state index in [1.54, 1.807) is 24.3 Å². The molecule has 0 saturated heterocycles. The first-order valence-electron chi connectivity index (χ1n) is 10.1. The second-order valence-corrected chi connectivity index (χ2v) is 7.98. The molecule has 158 valence electrons. The average molecular weight is 428 g/mol. The highest BCUT2D eigenvalue weighted by atomic mass is 35.5. The number of hydrogen-bond acceptors (Lipinski definition) is 4. The highest BCUT2D eigenvalue weighted by Crippen LogP contribution is 2.38. The summed E-state index contributed by atoms with van der Waals surface area (Å²) in [6.45, 7) is 4.41. The number of ketones is 1. The van der Waals surface area contributed by atoms with Gasteiger partial charge in [-0.25, -0.2) is 0 Å². The van der Waals surface area contributed by atoms with Crippen LogP contribution >= 0.6 is 11.6 Å². The molecule has 1 N–H and O–H groups in total. The number of amides is 1. The van der Waals surface area contributed by atoms with Gasteiger partial charge in [-0.15, -0.1) is 0 Å². The Labute approximate surface area is 181 Å². The number of benzene rings is 2. The molecule has 0 bridgehead atoms. The van der Waals surface area contributed by atoms with Gasteiger partial charge in [0.15, 0.2) is 11.5 Å². The zero-order valence-corrected chi connectivity index (χ0v) is 17.9. The number of carbonyl (C=O) groups is 2. The number of hydrogen-bond donors (Lipinski definition) is 1. The Morgan fingerprint density at radius 3 is 2.43 bits per heavy atom. The van der Waals surface area contributed by atoms with Gasteiger partial charge in [0.2, 0.25) is 0 Å². The Morgan fingerprint density at radius 2 is 1.80 bits per heavy atom. The summed E-state index contributed by atoms with van der Waals surface area (Å²) in [4.78, 5) is 27.4. The van der Waals surface area contributed by atoms with Crippen LogP contribution in [-0.4, -0.2) is 41.0 Å². The van der Waals surface area contributed by atoms with Crippen LogP contribution in [0.4, 0.5) is 0 Å². The molecule has 1 unspecified atom stereocenters. The van der Waals surface area contributed by atoms with Crippen LogP contribution in [0.2, 0.25) is 5.02 Å². The summed E-state index contributed by atoms with van der Waals surface area (Å²) in [7, 11) is 0. The van der Waals surface area contributed by atoms with Crippen LogP contribution in [0.15, 0.2) is 65.9 Å². The summed E-state index contributed by atoms with van der Waals surface area (Å²) in [5, 5.41) is 11.1. The van der Waals surface area contributed by atoms with Crippen LogP contribution in [0.1, 0.15) is 37.4 Å². The molecule has 2 aromatic carbocycles. The second-order valence-electron chi connectivity index (χ2n) is 7.54. The van der Waals surface area contributed by atoms with E-state index in [1.165, 1.54) is 4.90 Å². The van der Waals surface area contributed by atoms with Gasteiger partial charge in [0.1, 0.15) is 0 Å². The zero-order valence-electron chi connectivity index (χ0n) is 17.2. The monoisotopic (exact) mass is 427 g/mol. The van der Waals surface area contributed by atoms with E-state index >= 15 is 0 Å². The summed E-state index contributed by atoms with van der Waals surface area (Å²) >= 11 is 6.02. The maximum atomic E-state index is 13.1. The minimum atomic E-state index is -0.659. The lowest BCUT2D eigenvalue weighted by atomic mass is 9.93. The molecule has 0 radical (unpaired) electrons. The van der Waals surface area contributed by atoms with Crippen LogP contribution in [0.3, 0.4) is 0 Å². The Bertz CT molecular complexity index is 922. The number of carbonyl (C=O) groups excluding carboxylic acids is 2. The Morgan fingerprint density at radius 1 is 1.13 bits per heavy atom. The summed E-state index contributed by atoms with van der Waals surface area (Å²) in [5.74, 6) is -1.26. The summed E-state index contributed by atoms with van der Waals surface area (Å²) in [5.41, 5.74) is 1.90. The third-order valence-electron chi connectivity index (χ3n) is 5.06. The molecule has 1 heterocycles. The van der Waals surface area contributed by atoms with E-state index in [2.05, 4.69) is 0 Å². The predicted molar refractivity (Wildman–Crippen MR) is 116 cm³/mol. The maximum absolute atomic E-state index is 13.1. The molecule has 1 aliphatic rings. The largest absolute Gasteiger partial charge is 0.503 e. The van der Waals surface area contributed by atoms with Crippen molar-refractivity contribution in [3.63, 3.8) is 0 Å². The predicted octanol–water partition coefficient (Wildman–Crippen LogP) is 4.66. The third kappa shape index (κ3) is 5.10. The van der Waals surface area contributed by atoms with Crippen molar-refractivity contribution in [1.82, 2.24) is 4.90 Å². The average Bonchev–Trinajstić information content (AvgIpc) is 2.98. The van der Waals surface area contributed by atoms with E-state index in [1.807, 2.05) is 44.2 Å². The fourth-order valence-corrected chi connectivity index (χ4v) is 3.71. The summed E-state index contributed by atoms with van der Waals surface area (Å²) in [6.07, 6.45) is 0.760. The van der Waals surface area contributed by atoms with Crippen LogP contribution in [-0.2, 0) is 20.7 Å². The number of Topliss-reactive ketones (excluding diaryl/α,β-unsaturated/α-hetero) is 1. The quantitative estimate of drug-likeness (QED) is 0.631. The number of aryl methyl sites for hydroxylation is 1. The third-order valence-corrected chi connectivity index (χ3v) is 5.31. The normalized spacial score (nSPS) is 16.6. The van der Waals surface area contributed by atoms with Gasteiger partial charge in [-0.3, -0.25) is 9.59 Å². The van der Waals surface area contributed by atoms with Gasteiger partial charge < -0.3 is 14.7 Å². The second kappa shape index (κ2) is 9.92. The smallest absolute Gasteiger partial charge is 0.290 e. The van der Waals surface area contributed by atoms with E-state index < -0.39 is 17.7 Å². The van der Waals surface area contributed by atoms with Crippen molar-refractivity contribution in [2.45, 2.75) is 38.8 Å². The highest BCUT2D eigenvalue weighted by molar-refractivity contribution is 6.30. The molecular weight excluding hydrogens is 402 g/mol. The molecule has 2 aromatic rings. The van der Waals surface area contributed by atoms with Crippen LogP contribution in [0, 0.1) is 0 Å². The molecule has 5 nitrogen and oxygen atoms in total. The van der Waals surface area contributed by atoms with E-state index in [0.717, 1.165) is 11.1 Å². The van der Waals surface area contributed by atoms with E-state index in [-0.39, 0.29) is 30.4 Å². The molecule has 0 saturated carbocycles. The molecule has 3 rings (SSSR count). The fraction of sp³-hybridized carbons (Fsp3) is 0.333. The molecule has 1 atom stereocenters. The number of aliphatic hydroxyl groups excluding tert-OH is 1. The van der Waals surface area contributed by atoms with Crippen molar-refractivity contribution >= 4 is 23.3 Å². The van der Waals surface area contributed by atoms with Gasteiger partial charge in [-0.1, -0.05) is 54.1 Å². The van der Waals surface area contributed by atoms with Crippen LogP contribution in [0.5, 0.6) is 0 Å². The molecule has 1 amide bonds. The van der Waals surface area contributed by atoms with Crippen molar-refractivity contribution in [1.29, 1.82) is 0 Å². The van der Waals surface area contributed by atoms with Crippen molar-refractivity contribution in [3.05, 3.63) is 82.1 Å². The SMILES string of the molecule is CC(C)OCCN1C(=O)C(O)=C(C(=O)CCc2ccccc2)C1c1ccc(Cl)cc1. The van der Waals surface area contributed by atoms with E-state index in [9.17, 15) is 14.7 Å². The van der Waals surface area contributed by atoms with Gasteiger partial charge in [0, 0.05) is 18.0 Å². The van der Waals surface area contributed by atoms with Crippen molar-refractivity contribution in [3.8, 4) is 0 Å². The number of aliphatic hydroxyl groups is 1. The number of ether oxygens (including phenoxy) is 1. The Kier molecular flexibility index (Phi) is 7.29. The molecule has 0 aromatic heterocycles. The molecule has 0 aliphatic carbocycles. The lowest BCUT2D eigenvalue weighted by Gasteiger charge is -2.27. The minimum Gasteiger partial charge on any atom is -0.503 e. The van der Waals surface area contributed by atoms with Crippen molar-refractivity contribution in [2.75, 3.05) is 13.2 Å². The standard InChI is InChI=1S/C24H26ClNO4/c1-16(2)30-15-14-26-22(18-9-11-19(25)12-10-18)21(23(28)24(26)29)20(27)13-8-17-6-4-3-5-7-17/h3-7,9-12,16,22,28H,8,13-15H2,1-2H3. The number of nitrogens with zero attached hydrogens (tertiary/aromatic N) is 1. The number of halogens is 1. The Hall–Kier alpha value is -2.63. The maximum Gasteiger partial charge on any atom is 0.290 e. The zero-order chi connectivity index (χ0) is 21.7. The van der Waals surface area contributed by atoms with Gasteiger partial charge in [-0.05, 0) is 43.5 Å². The number of rotatable bonds is 9. The van der Waals surface area contributed by atoms with Gasteiger partial charge in [0.05, 0.1) is 24.3 Å². The van der Waals surface area contributed by atoms with Gasteiger partial charge >= 0.3 is 0 Å². The Balaban J connectivity index is 1.86. The van der Waals surface area contributed by atoms with Crippen molar-refractivity contribution in [2.24, 2.45) is 0 Å². The van der Waals surface area contributed by atoms with E-state index in [0.29, 0.717) is 18.1 Å². The highest BCUT2D eigenvalue weighted by Gasteiger charge is 2.42. The molecule has 0 spiro atoms. The molecular formula is C24H26ClNO4. The van der Waals surface area contributed by atoms with Crippen LogP contribution < -0.4 is 0 Å². The molecule has 6 heteroatoms. The van der Waals surface area contributed by atoms with E-state index in [4.69, 9.17) is 16.3 Å².